The number of ether oxygens (including phenoxy) is 3. The summed E-state index contributed by atoms with van der Waals surface area (Å²) in [5.74, 6) is 0.128. The third-order valence-electron chi connectivity index (χ3n) is 5.69. The van der Waals surface area contributed by atoms with Crippen LogP contribution in [0.5, 0.6) is 17.2 Å². The topological polar surface area (TPSA) is 81.1 Å². The number of rotatable bonds is 10. The Hall–Kier alpha value is -4.85. The van der Waals surface area contributed by atoms with Crippen LogP contribution in [0.2, 0.25) is 0 Å². The third kappa shape index (κ3) is 6.28. The summed E-state index contributed by atoms with van der Waals surface area (Å²) in [7, 11) is 4.57. The zero-order valence-electron chi connectivity index (χ0n) is 21.7. The van der Waals surface area contributed by atoms with Crippen molar-refractivity contribution in [2.24, 2.45) is 0 Å². The minimum Gasteiger partial charge on any atom is -0.508 e. The maximum absolute atomic E-state index is 15.1. The second-order valence-corrected chi connectivity index (χ2v) is 8.07. The summed E-state index contributed by atoms with van der Waals surface area (Å²) in [5, 5.41) is 9.71. The molecule has 0 bridgehead atoms. The van der Waals surface area contributed by atoms with E-state index in [0.29, 0.717) is 34.1 Å². The Kier molecular flexibility index (Phi) is 9.05. The molecule has 0 aliphatic heterocycles. The molecule has 3 aromatic rings. The van der Waals surface area contributed by atoms with E-state index in [4.69, 9.17) is 14.2 Å². The molecule has 0 unspecified atom stereocenters. The monoisotopic (exact) mass is 516 g/mol. The summed E-state index contributed by atoms with van der Waals surface area (Å²) in [4.78, 5) is 18.4. The molecule has 196 valence electrons. The SMILES string of the molecule is C=C(C(=O)N(C)C(=C)c1cccc(O)c1)c1ccc(Oc2ccncc2/C=C(OC)\C(=C/C)OC)c(F)c1. The number of aromatic nitrogens is 1. The van der Waals surface area contributed by atoms with Crippen LogP contribution in [0.15, 0.2) is 91.7 Å². The third-order valence-corrected chi connectivity index (χ3v) is 5.69. The molecule has 0 aliphatic carbocycles. The van der Waals surface area contributed by atoms with Gasteiger partial charge in [0, 0.05) is 41.8 Å². The number of hydrogen-bond acceptors (Lipinski definition) is 6. The first kappa shape index (κ1) is 27.7. The van der Waals surface area contributed by atoms with E-state index in [1.165, 1.54) is 56.6 Å². The van der Waals surface area contributed by atoms with Gasteiger partial charge in [0.2, 0.25) is 0 Å². The highest BCUT2D eigenvalue weighted by Gasteiger charge is 2.20. The van der Waals surface area contributed by atoms with Gasteiger partial charge in [-0.3, -0.25) is 9.78 Å². The van der Waals surface area contributed by atoms with Gasteiger partial charge < -0.3 is 24.2 Å². The Morgan fingerprint density at radius 3 is 2.39 bits per heavy atom. The lowest BCUT2D eigenvalue weighted by molar-refractivity contribution is -0.121. The first-order chi connectivity index (χ1) is 18.2. The molecule has 1 aromatic heterocycles. The lowest BCUT2D eigenvalue weighted by Gasteiger charge is -2.21. The molecule has 8 heteroatoms. The summed E-state index contributed by atoms with van der Waals surface area (Å²) in [6.07, 6.45) is 6.49. The molecule has 1 heterocycles. The predicted molar refractivity (Wildman–Crippen MR) is 145 cm³/mol. The molecular weight excluding hydrogens is 487 g/mol. The number of nitrogens with zero attached hydrogens (tertiary/aromatic N) is 2. The Balaban J connectivity index is 1.82. The number of likely N-dealkylation sites (N-methyl/N-ethyl adjacent to an activating group) is 1. The number of phenols is 1. The van der Waals surface area contributed by atoms with Crippen molar-refractivity contribution in [3.05, 3.63) is 114 Å². The normalized spacial score (nSPS) is 11.5. The first-order valence-corrected chi connectivity index (χ1v) is 11.5. The average Bonchev–Trinajstić information content (AvgIpc) is 2.93. The zero-order chi connectivity index (χ0) is 27.8. The quantitative estimate of drug-likeness (QED) is 0.191. The van der Waals surface area contributed by atoms with Crippen molar-refractivity contribution in [2.75, 3.05) is 21.3 Å². The fourth-order valence-electron chi connectivity index (χ4n) is 3.55. The number of allylic oxidation sites excluding steroid dienone is 1. The van der Waals surface area contributed by atoms with E-state index in [9.17, 15) is 9.90 Å². The summed E-state index contributed by atoms with van der Waals surface area (Å²) in [5.41, 5.74) is 1.81. The van der Waals surface area contributed by atoms with Gasteiger partial charge in [-0.1, -0.05) is 31.4 Å². The van der Waals surface area contributed by atoms with Crippen LogP contribution in [-0.4, -0.2) is 42.2 Å². The maximum Gasteiger partial charge on any atom is 0.258 e. The number of phenolic OH excluding ortho intramolecular Hbond substituents is 1. The maximum atomic E-state index is 15.1. The van der Waals surface area contributed by atoms with Gasteiger partial charge in [-0.15, -0.1) is 0 Å². The minimum absolute atomic E-state index is 0.0493. The van der Waals surface area contributed by atoms with Crippen molar-refractivity contribution in [2.45, 2.75) is 6.92 Å². The van der Waals surface area contributed by atoms with Crippen LogP contribution in [0.1, 0.15) is 23.6 Å². The van der Waals surface area contributed by atoms with Crippen LogP contribution in [0.3, 0.4) is 0 Å². The lowest BCUT2D eigenvalue weighted by atomic mass is 10.0. The van der Waals surface area contributed by atoms with Crippen molar-refractivity contribution in [1.29, 1.82) is 0 Å². The number of amides is 1. The van der Waals surface area contributed by atoms with Crippen molar-refractivity contribution >= 4 is 23.3 Å². The van der Waals surface area contributed by atoms with Crippen molar-refractivity contribution < 1.29 is 28.5 Å². The largest absolute Gasteiger partial charge is 0.508 e. The standard InChI is InChI=1S/C30H29FN2O5/c1-7-26(36-5)29(37-6)17-23-18-32-14-13-27(23)38-28-12-11-21(16-25(28)31)19(2)30(35)33(4)20(3)22-9-8-10-24(34)15-22/h7-18,34H,2-3H2,1,4-6H3/b26-7+,29-17+. The molecule has 0 fully saturated rings. The zero-order valence-corrected chi connectivity index (χ0v) is 21.7. The number of pyridine rings is 1. The lowest BCUT2D eigenvalue weighted by Crippen LogP contribution is -2.25. The van der Waals surface area contributed by atoms with Crippen LogP contribution < -0.4 is 4.74 Å². The molecule has 3 rings (SSSR count). The van der Waals surface area contributed by atoms with Gasteiger partial charge in [-0.2, -0.15) is 0 Å². The van der Waals surface area contributed by atoms with E-state index in [1.54, 1.807) is 42.6 Å². The number of halogens is 1. The van der Waals surface area contributed by atoms with Crippen molar-refractivity contribution in [3.8, 4) is 17.2 Å². The second-order valence-electron chi connectivity index (χ2n) is 8.07. The van der Waals surface area contributed by atoms with Crippen LogP contribution in [-0.2, 0) is 14.3 Å². The number of methoxy groups -OCH3 is 2. The molecule has 0 atom stereocenters. The number of carbonyl (C=O) groups excluding carboxylic acids is 1. The van der Waals surface area contributed by atoms with E-state index in [1.807, 2.05) is 6.92 Å². The van der Waals surface area contributed by atoms with E-state index < -0.39 is 11.7 Å². The van der Waals surface area contributed by atoms with E-state index in [2.05, 4.69) is 18.1 Å². The van der Waals surface area contributed by atoms with Gasteiger partial charge in [0.1, 0.15) is 11.5 Å². The van der Waals surface area contributed by atoms with Gasteiger partial charge in [-0.05, 0) is 55.0 Å². The van der Waals surface area contributed by atoms with Gasteiger partial charge in [-0.25, -0.2) is 4.39 Å². The van der Waals surface area contributed by atoms with E-state index in [0.717, 1.165) is 0 Å². The molecule has 0 spiro atoms. The van der Waals surface area contributed by atoms with Crippen molar-refractivity contribution in [1.82, 2.24) is 9.88 Å². The van der Waals surface area contributed by atoms with E-state index in [-0.39, 0.29) is 22.6 Å². The fraction of sp³-hybridized carbons (Fsp3) is 0.133. The molecule has 1 N–H and O–H groups in total. The summed E-state index contributed by atoms with van der Waals surface area (Å²) in [6, 6.07) is 12.1. The highest BCUT2D eigenvalue weighted by molar-refractivity contribution is 6.20. The average molecular weight is 517 g/mol. The number of carbonyl (C=O) groups is 1. The fourth-order valence-corrected chi connectivity index (χ4v) is 3.55. The van der Waals surface area contributed by atoms with Crippen molar-refractivity contribution in [3.63, 3.8) is 0 Å². The van der Waals surface area contributed by atoms with Crippen LogP contribution in [0.4, 0.5) is 4.39 Å². The Morgan fingerprint density at radius 1 is 1.03 bits per heavy atom. The molecule has 0 saturated carbocycles. The van der Waals surface area contributed by atoms with Gasteiger partial charge in [0.05, 0.1) is 14.2 Å². The molecule has 0 saturated heterocycles. The van der Waals surface area contributed by atoms with Crippen LogP contribution in [0.25, 0.3) is 17.3 Å². The smallest absolute Gasteiger partial charge is 0.258 e. The van der Waals surface area contributed by atoms with Crippen LogP contribution in [0, 0.1) is 5.82 Å². The Labute approximate surface area is 221 Å². The number of aromatic hydroxyl groups is 1. The summed E-state index contributed by atoms with van der Waals surface area (Å²) >= 11 is 0. The van der Waals surface area contributed by atoms with Gasteiger partial charge in [0.25, 0.3) is 5.91 Å². The molecule has 7 nitrogen and oxygen atoms in total. The second kappa shape index (κ2) is 12.4. The Morgan fingerprint density at radius 2 is 1.76 bits per heavy atom. The predicted octanol–water partition coefficient (Wildman–Crippen LogP) is 6.40. The molecule has 2 aromatic carbocycles. The van der Waals surface area contributed by atoms with Crippen LogP contribution >= 0.6 is 0 Å². The first-order valence-electron chi connectivity index (χ1n) is 11.5. The number of benzene rings is 2. The molecule has 0 aliphatic rings. The molecule has 1 amide bonds. The van der Waals surface area contributed by atoms with Gasteiger partial charge >= 0.3 is 0 Å². The molecule has 0 radical (unpaired) electrons. The van der Waals surface area contributed by atoms with E-state index >= 15 is 4.39 Å². The number of hydrogen-bond donors (Lipinski definition) is 1. The Bertz CT molecular complexity index is 1430. The highest BCUT2D eigenvalue weighted by atomic mass is 19.1. The highest BCUT2D eigenvalue weighted by Crippen LogP contribution is 2.31. The molecular formula is C30H29FN2O5. The minimum atomic E-state index is -0.685. The summed E-state index contributed by atoms with van der Waals surface area (Å²) in [6.45, 7) is 9.58. The molecule has 38 heavy (non-hydrogen) atoms. The summed E-state index contributed by atoms with van der Waals surface area (Å²) < 4.78 is 31.7. The van der Waals surface area contributed by atoms with Gasteiger partial charge in [0.15, 0.2) is 23.1 Å².